The molecule has 3 heterocycles. The Balaban J connectivity index is 1.54. The Morgan fingerprint density at radius 1 is 1.04 bits per heavy atom. The zero-order chi connectivity index (χ0) is 17.5. The van der Waals surface area contributed by atoms with E-state index < -0.39 is 0 Å². The van der Waals surface area contributed by atoms with E-state index in [1.54, 1.807) is 16.8 Å². The Morgan fingerprint density at radius 3 is 2.50 bits per heavy atom. The van der Waals surface area contributed by atoms with Gasteiger partial charge in [-0.1, -0.05) is 23.5 Å². The van der Waals surface area contributed by atoms with Gasteiger partial charge in [-0.25, -0.2) is 0 Å². The predicted molar refractivity (Wildman–Crippen MR) is 112 cm³/mol. The van der Waals surface area contributed by atoms with Crippen molar-refractivity contribution < 1.29 is 4.57 Å². The van der Waals surface area contributed by atoms with Gasteiger partial charge in [-0.15, -0.1) is 0 Å². The summed E-state index contributed by atoms with van der Waals surface area (Å²) in [7, 11) is 0. The number of anilines is 1. The molecule has 0 bridgehead atoms. The highest BCUT2D eigenvalue weighted by molar-refractivity contribution is 7.18. The van der Waals surface area contributed by atoms with Crippen molar-refractivity contribution in [2.24, 2.45) is 0 Å². The molecule has 0 saturated heterocycles. The number of aromatic nitrogens is 1. The smallest absolute Gasteiger partial charge is 0.262 e. The van der Waals surface area contributed by atoms with Crippen LogP contribution >= 0.6 is 11.3 Å². The van der Waals surface area contributed by atoms with Gasteiger partial charge in [-0.05, 0) is 73.6 Å². The molecule has 0 radical (unpaired) electrons. The maximum Gasteiger partial charge on any atom is 0.262 e. The number of hydrogen-bond acceptors (Lipinski definition) is 2. The summed E-state index contributed by atoms with van der Waals surface area (Å²) in [4.78, 5) is 2.61. The standard InChI is InChI=1S/C23H25N2S/c1-2-25-20-9-3-4-10-21(20)26-22(25)12-11-17-15-18-7-5-13-24-14-6-8-19(16-17)23(18)24/h3-4,9-12,15-16H,2,5-8,13-14H2,1H3/q+1. The van der Waals surface area contributed by atoms with Crippen molar-refractivity contribution in [3.63, 3.8) is 0 Å². The molecular formula is C23H25N2S+. The van der Waals surface area contributed by atoms with E-state index in [9.17, 15) is 0 Å². The van der Waals surface area contributed by atoms with Crippen LogP contribution < -0.4 is 9.47 Å². The van der Waals surface area contributed by atoms with Crippen LogP contribution in [0.5, 0.6) is 0 Å². The fourth-order valence-corrected chi connectivity index (χ4v) is 5.73. The molecular weight excluding hydrogens is 336 g/mol. The molecule has 0 N–H and O–H groups in total. The van der Waals surface area contributed by atoms with E-state index in [0.717, 1.165) is 6.54 Å². The number of benzene rings is 2. The largest absolute Gasteiger partial charge is 0.371 e. The van der Waals surface area contributed by atoms with E-state index in [1.165, 1.54) is 59.6 Å². The van der Waals surface area contributed by atoms with Gasteiger partial charge in [-0.2, -0.15) is 4.57 Å². The van der Waals surface area contributed by atoms with Crippen molar-refractivity contribution in [2.45, 2.75) is 39.2 Å². The molecule has 1 aromatic heterocycles. The van der Waals surface area contributed by atoms with E-state index in [2.05, 4.69) is 64.9 Å². The Labute approximate surface area is 159 Å². The Bertz CT molecular complexity index is 968. The summed E-state index contributed by atoms with van der Waals surface area (Å²) >= 11 is 1.89. The van der Waals surface area contributed by atoms with E-state index in [0.29, 0.717) is 0 Å². The van der Waals surface area contributed by atoms with Crippen LogP contribution in [0, 0.1) is 0 Å². The lowest BCUT2D eigenvalue weighted by Crippen LogP contribution is -2.34. The maximum atomic E-state index is 2.61. The normalized spacial score (nSPS) is 16.4. The summed E-state index contributed by atoms with van der Waals surface area (Å²) in [6, 6.07) is 13.6. The first kappa shape index (κ1) is 16.1. The number of hydrogen-bond donors (Lipinski definition) is 0. The molecule has 0 amide bonds. The van der Waals surface area contributed by atoms with E-state index in [1.807, 2.05) is 11.3 Å². The van der Waals surface area contributed by atoms with E-state index >= 15 is 0 Å². The van der Waals surface area contributed by atoms with Gasteiger partial charge in [0.2, 0.25) is 5.52 Å². The molecule has 0 spiro atoms. The van der Waals surface area contributed by atoms with Gasteiger partial charge < -0.3 is 4.90 Å². The maximum absolute atomic E-state index is 2.61. The minimum absolute atomic E-state index is 1.01. The third-order valence-electron chi connectivity index (χ3n) is 5.73. The van der Waals surface area contributed by atoms with E-state index in [-0.39, 0.29) is 0 Å². The second-order valence-corrected chi connectivity index (χ2v) is 8.43. The lowest BCUT2D eigenvalue weighted by atomic mass is 9.90. The summed E-state index contributed by atoms with van der Waals surface area (Å²) in [5.74, 6) is 0. The molecule has 2 nitrogen and oxygen atoms in total. The van der Waals surface area contributed by atoms with Crippen LogP contribution in [0.2, 0.25) is 0 Å². The lowest BCUT2D eigenvalue weighted by molar-refractivity contribution is -0.665. The topological polar surface area (TPSA) is 7.12 Å². The first-order valence-corrected chi connectivity index (χ1v) is 10.7. The number of fused-ring (bicyclic) bond motifs is 1. The SMILES string of the molecule is CC[n+]1c(/C=C/c2cc3c4c(c2)CCCN4CCC3)sc2ccccc21. The molecule has 0 fully saturated rings. The van der Waals surface area contributed by atoms with Gasteiger partial charge in [0.05, 0.1) is 0 Å². The molecule has 0 unspecified atom stereocenters. The predicted octanol–water partition coefficient (Wildman–Crippen LogP) is 5.08. The highest BCUT2D eigenvalue weighted by atomic mass is 32.1. The fraction of sp³-hybridized carbons (Fsp3) is 0.348. The molecule has 132 valence electrons. The van der Waals surface area contributed by atoms with Crippen LogP contribution in [0.3, 0.4) is 0 Å². The van der Waals surface area contributed by atoms with E-state index in [4.69, 9.17) is 0 Å². The van der Waals surface area contributed by atoms with Crippen LogP contribution in [0.25, 0.3) is 22.4 Å². The van der Waals surface area contributed by atoms with Gasteiger partial charge in [0.25, 0.3) is 5.01 Å². The summed E-state index contributed by atoms with van der Waals surface area (Å²) in [6.45, 7) is 5.73. The van der Waals surface area contributed by atoms with Crippen LogP contribution in [-0.2, 0) is 19.4 Å². The van der Waals surface area contributed by atoms with Crippen molar-refractivity contribution in [3.05, 3.63) is 58.1 Å². The van der Waals surface area contributed by atoms with Crippen molar-refractivity contribution in [1.82, 2.24) is 0 Å². The molecule has 2 aliphatic rings. The number of para-hydroxylation sites is 1. The minimum Gasteiger partial charge on any atom is -0.371 e. The molecule has 5 rings (SSSR count). The van der Waals surface area contributed by atoms with Gasteiger partial charge >= 0.3 is 0 Å². The summed E-state index contributed by atoms with van der Waals surface area (Å²) in [5.41, 5.74) is 7.39. The van der Waals surface area contributed by atoms with Crippen LogP contribution in [0.15, 0.2) is 36.4 Å². The highest BCUT2D eigenvalue weighted by Crippen LogP contribution is 2.36. The molecule has 26 heavy (non-hydrogen) atoms. The number of thiazole rings is 1. The lowest BCUT2D eigenvalue weighted by Gasteiger charge is -2.37. The first-order chi connectivity index (χ1) is 12.8. The monoisotopic (exact) mass is 361 g/mol. The Kier molecular flexibility index (Phi) is 4.05. The number of rotatable bonds is 3. The number of aryl methyl sites for hydroxylation is 3. The molecule has 0 aliphatic carbocycles. The zero-order valence-electron chi connectivity index (χ0n) is 15.4. The summed E-state index contributed by atoms with van der Waals surface area (Å²) in [5, 5.41) is 1.33. The third-order valence-corrected chi connectivity index (χ3v) is 6.86. The molecule has 3 aromatic rings. The van der Waals surface area contributed by atoms with Crippen LogP contribution in [0.4, 0.5) is 5.69 Å². The highest BCUT2D eigenvalue weighted by Gasteiger charge is 2.24. The molecule has 2 aromatic carbocycles. The average Bonchev–Trinajstić information content (AvgIpc) is 3.04. The van der Waals surface area contributed by atoms with Crippen molar-refractivity contribution in [2.75, 3.05) is 18.0 Å². The quantitative estimate of drug-likeness (QED) is 0.590. The van der Waals surface area contributed by atoms with Gasteiger partial charge in [0.15, 0.2) is 0 Å². The van der Waals surface area contributed by atoms with Crippen LogP contribution in [-0.4, -0.2) is 13.1 Å². The second-order valence-electron chi connectivity index (χ2n) is 7.37. The zero-order valence-corrected chi connectivity index (χ0v) is 16.2. The van der Waals surface area contributed by atoms with Crippen molar-refractivity contribution >= 4 is 39.4 Å². The Hall–Kier alpha value is -2.13. The Morgan fingerprint density at radius 2 is 1.77 bits per heavy atom. The van der Waals surface area contributed by atoms with Gasteiger partial charge in [0, 0.05) is 30.9 Å². The molecule has 2 aliphatic heterocycles. The fourth-order valence-electron chi connectivity index (χ4n) is 4.60. The average molecular weight is 362 g/mol. The minimum atomic E-state index is 1.01. The first-order valence-electron chi connectivity index (χ1n) is 9.83. The molecule has 0 atom stereocenters. The number of nitrogens with zero attached hydrogens (tertiary/aromatic N) is 2. The third kappa shape index (κ3) is 2.66. The molecule has 3 heteroatoms. The van der Waals surface area contributed by atoms with Gasteiger partial charge in [0.1, 0.15) is 11.2 Å². The summed E-state index contributed by atoms with van der Waals surface area (Å²) in [6.07, 6.45) is 9.70. The summed E-state index contributed by atoms with van der Waals surface area (Å²) < 4.78 is 3.78. The van der Waals surface area contributed by atoms with Gasteiger partial charge in [-0.3, -0.25) is 0 Å². The van der Waals surface area contributed by atoms with Crippen LogP contribution in [0.1, 0.15) is 41.5 Å². The second kappa shape index (κ2) is 6.55. The van der Waals surface area contributed by atoms with Crippen molar-refractivity contribution in [3.8, 4) is 0 Å². The molecule has 0 saturated carbocycles. The van der Waals surface area contributed by atoms with Crippen molar-refractivity contribution in [1.29, 1.82) is 0 Å².